The maximum atomic E-state index is 6.20. The van der Waals surface area contributed by atoms with Crippen molar-refractivity contribution < 1.29 is 4.74 Å². The average molecular weight is 235 g/mol. The van der Waals surface area contributed by atoms with Gasteiger partial charge in [-0.25, -0.2) is 0 Å². The van der Waals surface area contributed by atoms with Gasteiger partial charge in [0.2, 0.25) is 0 Å². The van der Waals surface area contributed by atoms with Gasteiger partial charge in [0.05, 0.1) is 25.0 Å². The Bertz CT molecular complexity index is 508. The molecule has 2 aromatic heterocycles. The highest BCUT2D eigenvalue weighted by Crippen LogP contribution is 2.26. The molecule has 0 saturated heterocycles. The van der Waals surface area contributed by atoms with Crippen molar-refractivity contribution in [3.63, 3.8) is 0 Å². The molecular weight excluding hydrogens is 218 g/mol. The van der Waals surface area contributed by atoms with E-state index in [1.807, 2.05) is 27.1 Å². The maximum Gasteiger partial charge on any atom is 0.161 e. The van der Waals surface area contributed by atoms with E-state index in [2.05, 4.69) is 10.2 Å². The van der Waals surface area contributed by atoms with Crippen molar-refractivity contribution in [2.24, 2.45) is 19.8 Å². The van der Waals surface area contributed by atoms with Crippen molar-refractivity contribution in [1.29, 1.82) is 0 Å². The normalized spacial score (nSPS) is 12.8. The van der Waals surface area contributed by atoms with Gasteiger partial charge >= 0.3 is 0 Å². The first kappa shape index (κ1) is 11.7. The highest BCUT2D eigenvalue weighted by molar-refractivity contribution is 5.33. The summed E-state index contributed by atoms with van der Waals surface area (Å²) in [6, 6.07) is 1.63. The molecule has 0 bridgehead atoms. The topological polar surface area (TPSA) is 70.9 Å². The molecule has 2 rings (SSSR count). The Morgan fingerprint density at radius 1 is 1.35 bits per heavy atom. The number of ether oxygens (including phenoxy) is 1. The van der Waals surface area contributed by atoms with Gasteiger partial charge in [0.15, 0.2) is 5.75 Å². The summed E-state index contributed by atoms with van der Waals surface area (Å²) in [5.41, 5.74) is 8.91. The summed E-state index contributed by atoms with van der Waals surface area (Å²) in [5, 5.41) is 8.52. The van der Waals surface area contributed by atoms with Crippen LogP contribution in [-0.4, -0.2) is 26.7 Å². The second-order valence-electron chi connectivity index (χ2n) is 4.03. The second-order valence-corrected chi connectivity index (χ2v) is 4.03. The van der Waals surface area contributed by atoms with Crippen LogP contribution in [-0.2, 0) is 14.1 Å². The van der Waals surface area contributed by atoms with Crippen molar-refractivity contribution in [2.75, 3.05) is 7.11 Å². The van der Waals surface area contributed by atoms with Gasteiger partial charge in [0.25, 0.3) is 0 Å². The van der Waals surface area contributed by atoms with Gasteiger partial charge in [-0.1, -0.05) is 0 Å². The minimum Gasteiger partial charge on any atom is -0.493 e. The van der Waals surface area contributed by atoms with Crippen LogP contribution in [0.15, 0.2) is 12.3 Å². The lowest BCUT2D eigenvalue weighted by atomic mass is 10.1. The van der Waals surface area contributed by atoms with Crippen LogP contribution in [0.3, 0.4) is 0 Å². The highest BCUT2D eigenvalue weighted by atomic mass is 16.5. The van der Waals surface area contributed by atoms with Crippen LogP contribution in [0.4, 0.5) is 0 Å². The number of aromatic nitrogens is 4. The van der Waals surface area contributed by atoms with E-state index >= 15 is 0 Å². The number of aryl methyl sites for hydroxylation is 3. The fourth-order valence-corrected chi connectivity index (χ4v) is 1.82. The number of hydrogen-bond acceptors (Lipinski definition) is 4. The third kappa shape index (κ3) is 1.91. The lowest BCUT2D eigenvalue weighted by Crippen LogP contribution is -2.17. The Kier molecular flexibility index (Phi) is 2.89. The maximum absolute atomic E-state index is 6.20. The van der Waals surface area contributed by atoms with Crippen LogP contribution in [0.25, 0.3) is 0 Å². The molecule has 0 aliphatic heterocycles. The summed E-state index contributed by atoms with van der Waals surface area (Å²) in [6.45, 7) is 1.99. The van der Waals surface area contributed by atoms with Crippen molar-refractivity contribution in [1.82, 2.24) is 19.6 Å². The largest absolute Gasteiger partial charge is 0.493 e. The molecule has 0 fully saturated rings. The standard InChI is InChI=1S/C11H17N5O/c1-7-5-8(14-15(7)2)10(12)11-9(17-4)6-13-16(11)3/h5-6,10H,12H2,1-4H3. The smallest absolute Gasteiger partial charge is 0.161 e. The summed E-state index contributed by atoms with van der Waals surface area (Å²) in [6.07, 6.45) is 1.66. The minimum atomic E-state index is -0.336. The number of methoxy groups -OCH3 is 1. The monoisotopic (exact) mass is 235 g/mol. The van der Waals surface area contributed by atoms with Gasteiger partial charge in [-0.05, 0) is 13.0 Å². The van der Waals surface area contributed by atoms with Crippen LogP contribution < -0.4 is 10.5 Å². The molecule has 6 heteroatoms. The molecule has 0 aromatic carbocycles. The molecule has 6 nitrogen and oxygen atoms in total. The van der Waals surface area contributed by atoms with Gasteiger partial charge < -0.3 is 10.5 Å². The lowest BCUT2D eigenvalue weighted by molar-refractivity contribution is 0.405. The Morgan fingerprint density at radius 3 is 2.59 bits per heavy atom. The SMILES string of the molecule is COc1cnn(C)c1C(N)c1cc(C)n(C)n1. The molecule has 1 unspecified atom stereocenters. The zero-order chi connectivity index (χ0) is 12.6. The van der Waals surface area contributed by atoms with E-state index in [0.29, 0.717) is 5.75 Å². The predicted octanol–water partition coefficient (Wildman–Crippen LogP) is 0.519. The summed E-state index contributed by atoms with van der Waals surface area (Å²) >= 11 is 0. The van der Waals surface area contributed by atoms with Crippen molar-refractivity contribution >= 4 is 0 Å². The first-order chi connectivity index (χ1) is 8.04. The Balaban J connectivity index is 2.42. The van der Waals surface area contributed by atoms with Gasteiger partial charge in [-0.2, -0.15) is 10.2 Å². The van der Waals surface area contributed by atoms with Crippen LogP contribution in [0.1, 0.15) is 23.1 Å². The zero-order valence-corrected chi connectivity index (χ0v) is 10.5. The molecule has 0 amide bonds. The van der Waals surface area contributed by atoms with E-state index in [1.165, 1.54) is 0 Å². The molecule has 0 aliphatic carbocycles. The molecule has 0 spiro atoms. The van der Waals surface area contributed by atoms with Gasteiger partial charge in [0.1, 0.15) is 5.69 Å². The van der Waals surface area contributed by atoms with Crippen molar-refractivity contribution in [3.05, 3.63) is 29.3 Å². The van der Waals surface area contributed by atoms with E-state index in [4.69, 9.17) is 10.5 Å². The number of nitrogens with two attached hydrogens (primary N) is 1. The van der Waals surface area contributed by atoms with Crippen molar-refractivity contribution in [2.45, 2.75) is 13.0 Å². The lowest BCUT2D eigenvalue weighted by Gasteiger charge is -2.11. The fourth-order valence-electron chi connectivity index (χ4n) is 1.82. The molecule has 17 heavy (non-hydrogen) atoms. The molecule has 2 heterocycles. The third-order valence-corrected chi connectivity index (χ3v) is 2.92. The first-order valence-electron chi connectivity index (χ1n) is 5.36. The van der Waals surface area contributed by atoms with E-state index in [9.17, 15) is 0 Å². The van der Waals surface area contributed by atoms with E-state index in [-0.39, 0.29) is 6.04 Å². The number of nitrogens with zero attached hydrogens (tertiary/aromatic N) is 4. The molecular formula is C11H17N5O. The second kappa shape index (κ2) is 4.21. The molecule has 92 valence electrons. The van der Waals surface area contributed by atoms with Crippen LogP contribution >= 0.6 is 0 Å². The summed E-state index contributed by atoms with van der Waals surface area (Å²) in [5.74, 6) is 0.684. The van der Waals surface area contributed by atoms with Gasteiger partial charge in [0, 0.05) is 19.8 Å². The summed E-state index contributed by atoms with van der Waals surface area (Å²) < 4.78 is 8.77. The zero-order valence-electron chi connectivity index (χ0n) is 10.5. The Hall–Kier alpha value is -1.82. The van der Waals surface area contributed by atoms with Crippen molar-refractivity contribution in [3.8, 4) is 5.75 Å². The highest BCUT2D eigenvalue weighted by Gasteiger charge is 2.21. The molecule has 2 aromatic rings. The van der Waals surface area contributed by atoms with E-state index in [1.54, 1.807) is 22.7 Å². The van der Waals surface area contributed by atoms with Gasteiger partial charge in [-0.3, -0.25) is 9.36 Å². The van der Waals surface area contributed by atoms with Crippen LogP contribution in [0.5, 0.6) is 5.75 Å². The summed E-state index contributed by atoms with van der Waals surface area (Å²) in [7, 11) is 5.34. The predicted molar refractivity (Wildman–Crippen MR) is 63.7 cm³/mol. The van der Waals surface area contributed by atoms with E-state index in [0.717, 1.165) is 17.1 Å². The number of rotatable bonds is 3. The molecule has 2 N–H and O–H groups in total. The molecule has 0 aliphatic rings. The van der Waals surface area contributed by atoms with Crippen LogP contribution in [0.2, 0.25) is 0 Å². The van der Waals surface area contributed by atoms with E-state index < -0.39 is 0 Å². The van der Waals surface area contributed by atoms with Crippen LogP contribution in [0, 0.1) is 6.92 Å². The number of hydrogen-bond donors (Lipinski definition) is 1. The quantitative estimate of drug-likeness (QED) is 0.842. The summed E-state index contributed by atoms with van der Waals surface area (Å²) in [4.78, 5) is 0. The molecule has 1 atom stereocenters. The third-order valence-electron chi connectivity index (χ3n) is 2.92. The average Bonchev–Trinajstić information content (AvgIpc) is 2.82. The molecule has 0 saturated carbocycles. The fraction of sp³-hybridized carbons (Fsp3) is 0.455. The Labute approximate surface area is 100.0 Å². The first-order valence-corrected chi connectivity index (χ1v) is 5.36. The minimum absolute atomic E-state index is 0.336. The molecule has 0 radical (unpaired) electrons. The van der Waals surface area contributed by atoms with Gasteiger partial charge in [-0.15, -0.1) is 0 Å². The Morgan fingerprint density at radius 2 is 2.06 bits per heavy atom.